The molecular weight excluding hydrogens is 247 g/mol. The molecule has 1 atom stereocenters. The average molecular weight is 261 g/mol. The van der Waals surface area contributed by atoms with E-state index < -0.39 is 11.7 Å². The number of para-hydroxylation sites is 1. The third-order valence-corrected chi connectivity index (χ3v) is 4.27. The molecule has 17 heavy (non-hydrogen) atoms. The lowest BCUT2D eigenvalue weighted by Gasteiger charge is -2.15. The number of thioether (sulfide) groups is 1. The molecule has 1 aliphatic heterocycles. The largest absolute Gasteiger partial charge is 0.418 e. The zero-order valence-electron chi connectivity index (χ0n) is 9.26. The van der Waals surface area contributed by atoms with E-state index in [1.807, 2.05) is 11.8 Å². The van der Waals surface area contributed by atoms with Crippen molar-refractivity contribution in [2.75, 3.05) is 17.2 Å². The summed E-state index contributed by atoms with van der Waals surface area (Å²) < 4.78 is 38.0. The van der Waals surface area contributed by atoms with Crippen LogP contribution in [0.2, 0.25) is 0 Å². The Morgan fingerprint density at radius 2 is 2.12 bits per heavy atom. The second-order valence-electron chi connectivity index (χ2n) is 4.31. The van der Waals surface area contributed by atoms with Gasteiger partial charge in [-0.05, 0) is 41.9 Å². The molecule has 2 rings (SSSR count). The van der Waals surface area contributed by atoms with Crippen molar-refractivity contribution in [3.8, 4) is 0 Å². The molecule has 0 aliphatic carbocycles. The first-order valence-corrected chi connectivity index (χ1v) is 6.66. The summed E-state index contributed by atoms with van der Waals surface area (Å²) in [5.74, 6) is 2.59. The van der Waals surface area contributed by atoms with Gasteiger partial charge >= 0.3 is 6.18 Å². The van der Waals surface area contributed by atoms with Crippen LogP contribution in [0.4, 0.5) is 18.9 Å². The van der Waals surface area contributed by atoms with E-state index in [4.69, 9.17) is 5.73 Å². The molecule has 1 unspecified atom stereocenters. The predicted molar refractivity (Wildman–Crippen MR) is 65.0 cm³/mol. The summed E-state index contributed by atoms with van der Waals surface area (Å²) >= 11 is 1.85. The maximum Gasteiger partial charge on any atom is 0.418 e. The minimum absolute atomic E-state index is 0.100. The Morgan fingerprint density at radius 3 is 2.71 bits per heavy atom. The van der Waals surface area contributed by atoms with Gasteiger partial charge < -0.3 is 5.73 Å². The van der Waals surface area contributed by atoms with Crippen LogP contribution in [0.25, 0.3) is 0 Å². The van der Waals surface area contributed by atoms with Crippen molar-refractivity contribution in [2.24, 2.45) is 5.92 Å². The Bertz CT molecular complexity index is 397. The van der Waals surface area contributed by atoms with Crippen LogP contribution in [0.5, 0.6) is 0 Å². The molecule has 0 amide bonds. The van der Waals surface area contributed by atoms with Gasteiger partial charge in [0.1, 0.15) is 0 Å². The van der Waals surface area contributed by atoms with Crippen molar-refractivity contribution in [1.29, 1.82) is 0 Å². The van der Waals surface area contributed by atoms with Crippen LogP contribution in [0.3, 0.4) is 0 Å². The van der Waals surface area contributed by atoms with Crippen LogP contribution in [0.15, 0.2) is 18.2 Å². The van der Waals surface area contributed by atoms with Crippen LogP contribution >= 0.6 is 11.8 Å². The normalized spacial score (nSPS) is 20.8. The fraction of sp³-hybridized carbons (Fsp3) is 0.500. The molecule has 94 valence electrons. The summed E-state index contributed by atoms with van der Waals surface area (Å²) in [5.41, 5.74) is 5.44. The van der Waals surface area contributed by atoms with Gasteiger partial charge in [0.2, 0.25) is 0 Å². The highest BCUT2D eigenvalue weighted by atomic mass is 32.2. The monoisotopic (exact) mass is 261 g/mol. The van der Waals surface area contributed by atoms with Gasteiger partial charge in [-0.25, -0.2) is 0 Å². The Kier molecular flexibility index (Phi) is 3.56. The minimum atomic E-state index is -4.36. The van der Waals surface area contributed by atoms with E-state index >= 15 is 0 Å². The standard InChI is InChI=1S/C12H14F3NS/c13-12(14,15)10-3-1-2-9(11(10)16)6-8-4-5-17-7-8/h1-3,8H,4-7,16H2. The van der Waals surface area contributed by atoms with Gasteiger partial charge in [-0.15, -0.1) is 0 Å². The van der Waals surface area contributed by atoms with Gasteiger partial charge in [0.15, 0.2) is 0 Å². The lowest BCUT2D eigenvalue weighted by atomic mass is 9.96. The number of benzene rings is 1. The van der Waals surface area contributed by atoms with Crippen LogP contribution in [-0.4, -0.2) is 11.5 Å². The van der Waals surface area contributed by atoms with Crippen molar-refractivity contribution >= 4 is 17.4 Å². The first-order valence-electron chi connectivity index (χ1n) is 5.51. The molecule has 0 radical (unpaired) electrons. The van der Waals surface area contributed by atoms with Crippen LogP contribution in [0.1, 0.15) is 17.5 Å². The molecule has 1 aromatic rings. The highest BCUT2D eigenvalue weighted by molar-refractivity contribution is 7.99. The maximum atomic E-state index is 12.7. The topological polar surface area (TPSA) is 26.0 Å². The second-order valence-corrected chi connectivity index (χ2v) is 5.46. The van der Waals surface area contributed by atoms with Crippen molar-refractivity contribution in [1.82, 2.24) is 0 Å². The van der Waals surface area contributed by atoms with Gasteiger partial charge in [-0.1, -0.05) is 12.1 Å². The summed E-state index contributed by atoms with van der Waals surface area (Å²) in [6.45, 7) is 0. The Hall–Kier alpha value is -0.840. The molecule has 1 nitrogen and oxygen atoms in total. The van der Waals surface area contributed by atoms with E-state index in [1.54, 1.807) is 6.07 Å². The summed E-state index contributed by atoms with van der Waals surface area (Å²) in [7, 11) is 0. The number of nitrogens with two attached hydrogens (primary N) is 1. The molecule has 0 spiro atoms. The highest BCUT2D eigenvalue weighted by Gasteiger charge is 2.33. The number of nitrogen functional groups attached to an aromatic ring is 1. The van der Waals surface area contributed by atoms with Gasteiger partial charge in [-0.2, -0.15) is 24.9 Å². The fourth-order valence-electron chi connectivity index (χ4n) is 2.09. The number of halogens is 3. The molecule has 2 N–H and O–H groups in total. The lowest BCUT2D eigenvalue weighted by molar-refractivity contribution is -0.136. The quantitative estimate of drug-likeness (QED) is 0.823. The number of hydrogen-bond donors (Lipinski definition) is 1. The predicted octanol–water partition coefficient (Wildman–Crippen LogP) is 3.58. The van der Waals surface area contributed by atoms with E-state index in [2.05, 4.69) is 0 Å². The van der Waals surface area contributed by atoms with E-state index in [0.717, 1.165) is 24.0 Å². The lowest BCUT2D eigenvalue weighted by Crippen LogP contribution is -2.12. The summed E-state index contributed by atoms with van der Waals surface area (Å²) in [4.78, 5) is 0. The van der Waals surface area contributed by atoms with Gasteiger partial charge in [-0.3, -0.25) is 0 Å². The van der Waals surface area contributed by atoms with E-state index in [-0.39, 0.29) is 5.69 Å². The number of anilines is 1. The zero-order valence-corrected chi connectivity index (χ0v) is 10.1. The molecule has 1 aromatic carbocycles. The zero-order chi connectivity index (χ0) is 12.5. The van der Waals surface area contributed by atoms with Crippen molar-refractivity contribution in [3.63, 3.8) is 0 Å². The minimum Gasteiger partial charge on any atom is -0.398 e. The molecule has 1 heterocycles. The number of alkyl halides is 3. The molecule has 1 saturated heterocycles. The van der Waals surface area contributed by atoms with E-state index in [9.17, 15) is 13.2 Å². The second kappa shape index (κ2) is 4.80. The Balaban J connectivity index is 2.22. The van der Waals surface area contributed by atoms with Crippen molar-refractivity contribution in [2.45, 2.75) is 19.0 Å². The van der Waals surface area contributed by atoms with Crippen molar-refractivity contribution < 1.29 is 13.2 Å². The molecule has 0 aromatic heterocycles. The van der Waals surface area contributed by atoms with Crippen LogP contribution in [0, 0.1) is 5.92 Å². The first kappa shape index (κ1) is 12.6. The molecule has 1 fully saturated rings. The molecular formula is C12H14F3NS. The number of rotatable bonds is 2. The number of hydrogen-bond acceptors (Lipinski definition) is 2. The first-order chi connectivity index (χ1) is 7.98. The summed E-state index contributed by atoms with van der Waals surface area (Å²) in [6, 6.07) is 4.19. The van der Waals surface area contributed by atoms with Crippen LogP contribution in [-0.2, 0) is 12.6 Å². The molecule has 0 saturated carbocycles. The van der Waals surface area contributed by atoms with E-state index in [0.29, 0.717) is 17.9 Å². The summed E-state index contributed by atoms with van der Waals surface area (Å²) in [5, 5.41) is 0. The SMILES string of the molecule is Nc1c(CC2CCSC2)cccc1C(F)(F)F. The highest BCUT2D eigenvalue weighted by Crippen LogP contribution is 2.36. The smallest absolute Gasteiger partial charge is 0.398 e. The third-order valence-electron chi connectivity index (χ3n) is 3.03. The molecule has 1 aliphatic rings. The average Bonchev–Trinajstić information content (AvgIpc) is 2.72. The summed E-state index contributed by atoms with van der Waals surface area (Å²) in [6.07, 6.45) is -2.63. The molecule has 5 heteroatoms. The van der Waals surface area contributed by atoms with Crippen molar-refractivity contribution in [3.05, 3.63) is 29.3 Å². The van der Waals surface area contributed by atoms with Gasteiger partial charge in [0.05, 0.1) is 5.56 Å². The Morgan fingerprint density at radius 1 is 1.35 bits per heavy atom. The fourth-order valence-corrected chi connectivity index (χ4v) is 3.38. The maximum absolute atomic E-state index is 12.7. The van der Waals surface area contributed by atoms with E-state index in [1.165, 1.54) is 6.07 Å². The van der Waals surface area contributed by atoms with Gasteiger partial charge in [0.25, 0.3) is 0 Å². The Labute approximate surface area is 103 Å². The molecule has 0 bridgehead atoms. The third kappa shape index (κ3) is 2.89. The van der Waals surface area contributed by atoms with Crippen LogP contribution < -0.4 is 5.73 Å². The van der Waals surface area contributed by atoms with Gasteiger partial charge in [0, 0.05) is 5.69 Å².